The lowest BCUT2D eigenvalue weighted by Gasteiger charge is -2.07. The highest BCUT2D eigenvalue weighted by molar-refractivity contribution is 6.06. The number of hydrogen-bond donors (Lipinski definition) is 0. The normalized spacial score (nSPS) is 10.6. The Morgan fingerprint density at radius 1 is 1.00 bits per heavy atom. The van der Waals surface area contributed by atoms with Crippen molar-refractivity contribution in [1.82, 2.24) is 0 Å². The van der Waals surface area contributed by atoms with Crippen LogP contribution in [0.1, 0.15) is 21.5 Å². The van der Waals surface area contributed by atoms with E-state index in [0.717, 1.165) is 16.9 Å². The van der Waals surface area contributed by atoms with Crippen LogP contribution in [0.3, 0.4) is 0 Å². The Labute approximate surface area is 124 Å². The summed E-state index contributed by atoms with van der Waals surface area (Å²) in [5.74, 6) is 1.38. The van der Waals surface area contributed by atoms with Gasteiger partial charge in [0.2, 0.25) is 0 Å². The Bertz CT molecular complexity index is 655. The van der Waals surface area contributed by atoms with E-state index < -0.39 is 0 Å². The molecule has 3 heteroatoms. The number of methoxy groups -OCH3 is 2. The van der Waals surface area contributed by atoms with E-state index in [0.29, 0.717) is 11.3 Å². The van der Waals surface area contributed by atoms with Crippen molar-refractivity contribution in [3.8, 4) is 11.5 Å². The van der Waals surface area contributed by atoms with Gasteiger partial charge in [0.05, 0.1) is 14.2 Å². The number of hydrogen-bond acceptors (Lipinski definition) is 3. The van der Waals surface area contributed by atoms with Crippen LogP contribution in [0.15, 0.2) is 48.5 Å². The van der Waals surface area contributed by atoms with Crippen molar-refractivity contribution >= 4 is 11.9 Å². The number of ketones is 1. The SMILES string of the molecule is COc1ccc(OC)c(C=CC(=O)c2ccc(C)cc2)c1. The van der Waals surface area contributed by atoms with Crippen molar-refractivity contribution in [2.45, 2.75) is 6.92 Å². The Morgan fingerprint density at radius 3 is 2.33 bits per heavy atom. The van der Waals surface area contributed by atoms with Gasteiger partial charge in [-0.15, -0.1) is 0 Å². The first-order valence-corrected chi connectivity index (χ1v) is 6.65. The molecular formula is C18H18O3. The van der Waals surface area contributed by atoms with Gasteiger partial charge in [0.15, 0.2) is 5.78 Å². The predicted molar refractivity (Wildman–Crippen MR) is 84.1 cm³/mol. The van der Waals surface area contributed by atoms with Gasteiger partial charge in [0, 0.05) is 11.1 Å². The second-order valence-corrected chi connectivity index (χ2v) is 4.67. The van der Waals surface area contributed by atoms with Gasteiger partial charge >= 0.3 is 0 Å². The molecule has 0 radical (unpaired) electrons. The minimum Gasteiger partial charge on any atom is -0.497 e. The second-order valence-electron chi connectivity index (χ2n) is 4.67. The summed E-state index contributed by atoms with van der Waals surface area (Å²) in [5.41, 5.74) is 2.60. The lowest BCUT2D eigenvalue weighted by molar-refractivity contribution is 0.104. The van der Waals surface area contributed by atoms with Crippen LogP contribution < -0.4 is 9.47 Å². The van der Waals surface area contributed by atoms with Gasteiger partial charge in [0.1, 0.15) is 11.5 Å². The maximum Gasteiger partial charge on any atom is 0.185 e. The molecule has 0 fully saturated rings. The lowest BCUT2D eigenvalue weighted by Crippen LogP contribution is -1.94. The molecule has 0 aromatic heterocycles. The van der Waals surface area contributed by atoms with Crippen molar-refractivity contribution in [2.24, 2.45) is 0 Å². The largest absolute Gasteiger partial charge is 0.497 e. The monoisotopic (exact) mass is 282 g/mol. The van der Waals surface area contributed by atoms with Crippen molar-refractivity contribution in [3.05, 3.63) is 65.2 Å². The van der Waals surface area contributed by atoms with Crippen LogP contribution in [0.2, 0.25) is 0 Å². The summed E-state index contributed by atoms with van der Waals surface area (Å²) in [4.78, 5) is 12.1. The second kappa shape index (κ2) is 6.75. The van der Waals surface area contributed by atoms with E-state index in [1.54, 1.807) is 26.4 Å². The maximum absolute atomic E-state index is 12.1. The summed E-state index contributed by atoms with van der Waals surface area (Å²) < 4.78 is 10.5. The fraction of sp³-hybridized carbons (Fsp3) is 0.167. The highest BCUT2D eigenvalue weighted by Crippen LogP contribution is 2.25. The van der Waals surface area contributed by atoms with Crippen molar-refractivity contribution in [1.29, 1.82) is 0 Å². The van der Waals surface area contributed by atoms with Crippen LogP contribution in [0.25, 0.3) is 6.08 Å². The summed E-state index contributed by atoms with van der Waals surface area (Å²) in [6, 6.07) is 13.0. The minimum absolute atomic E-state index is 0.0418. The number of benzene rings is 2. The van der Waals surface area contributed by atoms with Crippen molar-refractivity contribution in [2.75, 3.05) is 14.2 Å². The molecule has 2 rings (SSSR count). The lowest BCUT2D eigenvalue weighted by atomic mass is 10.1. The Hall–Kier alpha value is -2.55. The molecule has 0 heterocycles. The highest BCUT2D eigenvalue weighted by atomic mass is 16.5. The van der Waals surface area contributed by atoms with Gasteiger partial charge in [-0.25, -0.2) is 0 Å². The average Bonchev–Trinajstić information content (AvgIpc) is 2.52. The maximum atomic E-state index is 12.1. The number of aryl methyl sites for hydroxylation is 1. The van der Waals surface area contributed by atoms with E-state index in [9.17, 15) is 4.79 Å². The van der Waals surface area contributed by atoms with E-state index >= 15 is 0 Å². The molecule has 3 nitrogen and oxygen atoms in total. The Balaban J connectivity index is 2.24. The van der Waals surface area contributed by atoms with Gasteiger partial charge in [-0.1, -0.05) is 29.8 Å². The van der Waals surface area contributed by atoms with E-state index in [1.165, 1.54) is 0 Å². The molecule has 0 unspecified atom stereocenters. The fourth-order valence-corrected chi connectivity index (χ4v) is 1.95. The first-order chi connectivity index (χ1) is 10.1. The molecule has 0 amide bonds. The van der Waals surface area contributed by atoms with E-state index in [2.05, 4.69) is 0 Å². The molecular weight excluding hydrogens is 264 g/mol. The third-order valence-electron chi connectivity index (χ3n) is 3.19. The molecule has 0 aliphatic heterocycles. The summed E-state index contributed by atoms with van der Waals surface area (Å²) >= 11 is 0. The van der Waals surface area contributed by atoms with Crippen molar-refractivity contribution < 1.29 is 14.3 Å². The van der Waals surface area contributed by atoms with Crippen LogP contribution in [0.4, 0.5) is 0 Å². The van der Waals surface area contributed by atoms with Crippen LogP contribution in [-0.4, -0.2) is 20.0 Å². The number of carbonyl (C=O) groups is 1. The molecule has 0 aliphatic carbocycles. The van der Waals surface area contributed by atoms with E-state index in [1.807, 2.05) is 49.4 Å². The minimum atomic E-state index is -0.0418. The quantitative estimate of drug-likeness (QED) is 0.616. The average molecular weight is 282 g/mol. The smallest absolute Gasteiger partial charge is 0.185 e. The highest BCUT2D eigenvalue weighted by Gasteiger charge is 2.04. The number of rotatable bonds is 5. The third kappa shape index (κ3) is 3.72. The van der Waals surface area contributed by atoms with Crippen LogP contribution in [-0.2, 0) is 0 Å². The molecule has 2 aromatic rings. The van der Waals surface area contributed by atoms with Gasteiger partial charge in [0.25, 0.3) is 0 Å². The van der Waals surface area contributed by atoms with Crippen LogP contribution >= 0.6 is 0 Å². The van der Waals surface area contributed by atoms with Gasteiger partial charge < -0.3 is 9.47 Å². The Kier molecular flexibility index (Phi) is 4.77. The molecule has 21 heavy (non-hydrogen) atoms. The number of ether oxygens (including phenoxy) is 2. The fourth-order valence-electron chi connectivity index (χ4n) is 1.95. The van der Waals surface area contributed by atoms with Crippen LogP contribution in [0.5, 0.6) is 11.5 Å². The topological polar surface area (TPSA) is 35.5 Å². The zero-order valence-corrected chi connectivity index (χ0v) is 12.4. The van der Waals surface area contributed by atoms with Gasteiger partial charge in [-0.05, 0) is 37.3 Å². The summed E-state index contributed by atoms with van der Waals surface area (Å²) in [5, 5.41) is 0. The van der Waals surface area contributed by atoms with Gasteiger partial charge in [-0.2, -0.15) is 0 Å². The van der Waals surface area contributed by atoms with Crippen LogP contribution in [0, 0.1) is 6.92 Å². The molecule has 108 valence electrons. The molecule has 0 saturated carbocycles. The number of carbonyl (C=O) groups excluding carboxylic acids is 1. The first kappa shape index (κ1) is 14.9. The molecule has 0 spiro atoms. The molecule has 0 N–H and O–H groups in total. The summed E-state index contributed by atoms with van der Waals surface area (Å²) in [7, 11) is 3.20. The summed E-state index contributed by atoms with van der Waals surface area (Å²) in [6.45, 7) is 1.99. The van der Waals surface area contributed by atoms with Gasteiger partial charge in [-0.3, -0.25) is 4.79 Å². The zero-order chi connectivity index (χ0) is 15.2. The standard InChI is InChI=1S/C18H18O3/c1-13-4-6-14(7-5-13)17(19)10-8-15-12-16(20-2)9-11-18(15)21-3/h4-12H,1-3H3. The molecule has 0 atom stereocenters. The first-order valence-electron chi connectivity index (χ1n) is 6.65. The molecule has 2 aromatic carbocycles. The zero-order valence-electron chi connectivity index (χ0n) is 12.4. The molecule has 0 saturated heterocycles. The Morgan fingerprint density at radius 2 is 1.71 bits per heavy atom. The van der Waals surface area contributed by atoms with Crippen molar-refractivity contribution in [3.63, 3.8) is 0 Å². The van der Waals surface area contributed by atoms with E-state index in [-0.39, 0.29) is 5.78 Å². The predicted octanol–water partition coefficient (Wildman–Crippen LogP) is 3.91. The molecule has 0 bridgehead atoms. The number of allylic oxidation sites excluding steroid dienone is 1. The molecule has 0 aliphatic rings. The van der Waals surface area contributed by atoms with E-state index in [4.69, 9.17) is 9.47 Å². The third-order valence-corrected chi connectivity index (χ3v) is 3.19. The summed E-state index contributed by atoms with van der Waals surface area (Å²) in [6.07, 6.45) is 3.28.